The van der Waals surface area contributed by atoms with Crippen molar-refractivity contribution in [1.29, 1.82) is 0 Å². The third-order valence-electron chi connectivity index (χ3n) is 3.80. The number of methoxy groups -OCH3 is 2. The summed E-state index contributed by atoms with van der Waals surface area (Å²) in [5.41, 5.74) is 2.78. The average molecular weight is 343 g/mol. The lowest BCUT2D eigenvalue weighted by Crippen LogP contribution is -2.32. The molecule has 0 fully saturated rings. The van der Waals surface area contributed by atoms with E-state index in [0.717, 1.165) is 11.1 Å². The third kappa shape index (κ3) is 4.89. The first-order valence-corrected chi connectivity index (χ1v) is 8.24. The van der Waals surface area contributed by atoms with E-state index in [1.54, 1.807) is 32.4 Å². The normalized spacial score (nSPS) is 11.6. The maximum atomic E-state index is 12.6. The lowest BCUT2D eigenvalue weighted by Gasteiger charge is -2.19. The molecule has 0 aliphatic carbocycles. The van der Waals surface area contributed by atoms with Crippen LogP contribution >= 0.6 is 0 Å². The summed E-state index contributed by atoms with van der Waals surface area (Å²) in [7, 11) is 3.13. The standard InChI is InChI=1S/C20H25NO4/c1-6-18(25-16-10-13(2)9-14(3)11-16)20(22)21-17-8-7-15(23-4)12-19(17)24-5/h7-12,18H,6H2,1-5H3,(H,21,22)/t18-/m0/s1. The van der Waals surface area contributed by atoms with Crippen molar-refractivity contribution in [2.75, 3.05) is 19.5 Å². The number of carbonyl (C=O) groups is 1. The van der Waals surface area contributed by atoms with Gasteiger partial charge in [-0.3, -0.25) is 4.79 Å². The van der Waals surface area contributed by atoms with E-state index in [1.165, 1.54) is 0 Å². The van der Waals surface area contributed by atoms with Crippen molar-refractivity contribution >= 4 is 11.6 Å². The van der Waals surface area contributed by atoms with Crippen LogP contribution in [0.15, 0.2) is 36.4 Å². The topological polar surface area (TPSA) is 56.8 Å². The smallest absolute Gasteiger partial charge is 0.265 e. The van der Waals surface area contributed by atoms with Gasteiger partial charge < -0.3 is 19.5 Å². The highest BCUT2D eigenvalue weighted by molar-refractivity contribution is 5.95. The summed E-state index contributed by atoms with van der Waals surface area (Å²) in [6, 6.07) is 11.2. The van der Waals surface area contributed by atoms with Crippen molar-refractivity contribution in [3.63, 3.8) is 0 Å². The van der Waals surface area contributed by atoms with Gasteiger partial charge in [-0.05, 0) is 55.7 Å². The Hall–Kier alpha value is -2.69. The lowest BCUT2D eigenvalue weighted by atomic mass is 10.1. The average Bonchev–Trinajstić information content (AvgIpc) is 2.59. The van der Waals surface area contributed by atoms with Gasteiger partial charge in [-0.2, -0.15) is 0 Å². The number of hydrogen-bond donors (Lipinski definition) is 1. The molecule has 25 heavy (non-hydrogen) atoms. The fourth-order valence-electron chi connectivity index (χ4n) is 2.60. The van der Waals surface area contributed by atoms with E-state index in [0.29, 0.717) is 29.4 Å². The van der Waals surface area contributed by atoms with Crippen molar-refractivity contribution in [2.24, 2.45) is 0 Å². The molecule has 0 unspecified atom stereocenters. The van der Waals surface area contributed by atoms with Gasteiger partial charge in [-0.25, -0.2) is 0 Å². The molecule has 1 amide bonds. The number of hydrogen-bond acceptors (Lipinski definition) is 4. The number of aryl methyl sites for hydroxylation is 2. The van der Waals surface area contributed by atoms with Gasteiger partial charge in [0.2, 0.25) is 0 Å². The molecule has 2 aromatic carbocycles. The van der Waals surface area contributed by atoms with Crippen LogP contribution in [0.4, 0.5) is 5.69 Å². The zero-order valence-corrected chi connectivity index (χ0v) is 15.4. The van der Waals surface area contributed by atoms with Gasteiger partial charge in [-0.1, -0.05) is 13.0 Å². The second kappa shape index (κ2) is 8.42. The summed E-state index contributed by atoms with van der Waals surface area (Å²) in [6.07, 6.45) is -0.0369. The number of rotatable bonds is 7. The van der Waals surface area contributed by atoms with E-state index in [-0.39, 0.29) is 5.91 Å². The molecule has 1 atom stereocenters. The molecule has 0 aliphatic heterocycles. The molecular weight excluding hydrogens is 318 g/mol. The van der Waals surface area contributed by atoms with Crippen LogP contribution < -0.4 is 19.5 Å². The summed E-state index contributed by atoms with van der Waals surface area (Å²) < 4.78 is 16.4. The Morgan fingerprint density at radius 2 is 1.68 bits per heavy atom. The molecule has 1 N–H and O–H groups in total. The maximum absolute atomic E-state index is 12.6. The van der Waals surface area contributed by atoms with Crippen LogP contribution in [0.2, 0.25) is 0 Å². The van der Waals surface area contributed by atoms with Crippen LogP contribution in [0.25, 0.3) is 0 Å². The summed E-state index contributed by atoms with van der Waals surface area (Å²) in [6.45, 7) is 5.92. The van der Waals surface area contributed by atoms with Crippen molar-refractivity contribution in [2.45, 2.75) is 33.3 Å². The predicted molar refractivity (Wildman–Crippen MR) is 98.8 cm³/mol. The molecule has 0 radical (unpaired) electrons. The second-order valence-corrected chi connectivity index (χ2v) is 5.89. The Balaban J connectivity index is 2.14. The Kier molecular flexibility index (Phi) is 6.28. The first-order chi connectivity index (χ1) is 12.0. The van der Waals surface area contributed by atoms with E-state index in [1.807, 2.05) is 32.9 Å². The summed E-state index contributed by atoms with van der Waals surface area (Å²) >= 11 is 0. The zero-order chi connectivity index (χ0) is 18.4. The Morgan fingerprint density at radius 1 is 1.00 bits per heavy atom. The lowest BCUT2D eigenvalue weighted by molar-refractivity contribution is -0.122. The number of amides is 1. The van der Waals surface area contributed by atoms with Crippen molar-refractivity contribution in [3.8, 4) is 17.2 Å². The minimum atomic E-state index is -0.590. The van der Waals surface area contributed by atoms with E-state index < -0.39 is 6.10 Å². The minimum Gasteiger partial charge on any atom is -0.497 e. The Bertz CT molecular complexity index is 722. The van der Waals surface area contributed by atoms with Gasteiger partial charge in [0.1, 0.15) is 17.2 Å². The van der Waals surface area contributed by atoms with Crippen LogP contribution in [-0.2, 0) is 4.79 Å². The number of carbonyl (C=O) groups excluding carboxylic acids is 1. The molecule has 0 aliphatic rings. The van der Waals surface area contributed by atoms with E-state index >= 15 is 0 Å². The maximum Gasteiger partial charge on any atom is 0.265 e. The van der Waals surface area contributed by atoms with Gasteiger partial charge in [-0.15, -0.1) is 0 Å². The number of benzene rings is 2. The largest absolute Gasteiger partial charge is 0.497 e. The van der Waals surface area contributed by atoms with Gasteiger partial charge in [0.05, 0.1) is 19.9 Å². The first-order valence-electron chi connectivity index (χ1n) is 8.24. The van der Waals surface area contributed by atoms with Gasteiger partial charge in [0.25, 0.3) is 5.91 Å². The molecule has 2 rings (SSSR count). The van der Waals surface area contributed by atoms with Crippen LogP contribution in [0.5, 0.6) is 17.2 Å². The second-order valence-electron chi connectivity index (χ2n) is 5.89. The monoisotopic (exact) mass is 343 g/mol. The number of anilines is 1. The molecule has 0 saturated carbocycles. The molecule has 0 saturated heterocycles. The highest BCUT2D eigenvalue weighted by Gasteiger charge is 2.20. The number of nitrogens with one attached hydrogen (secondary N) is 1. The van der Waals surface area contributed by atoms with Crippen molar-refractivity contribution < 1.29 is 19.0 Å². The summed E-state index contributed by atoms with van der Waals surface area (Å²) in [5.74, 6) is 1.67. The minimum absolute atomic E-state index is 0.217. The molecule has 0 spiro atoms. The Morgan fingerprint density at radius 3 is 2.24 bits per heavy atom. The molecule has 134 valence electrons. The van der Waals surface area contributed by atoms with Crippen molar-refractivity contribution in [1.82, 2.24) is 0 Å². The van der Waals surface area contributed by atoms with Gasteiger partial charge in [0, 0.05) is 6.07 Å². The van der Waals surface area contributed by atoms with E-state index in [9.17, 15) is 4.79 Å². The van der Waals surface area contributed by atoms with Crippen LogP contribution in [0.1, 0.15) is 24.5 Å². The van der Waals surface area contributed by atoms with Gasteiger partial charge in [0.15, 0.2) is 6.10 Å². The first kappa shape index (κ1) is 18.6. The van der Waals surface area contributed by atoms with Crippen molar-refractivity contribution in [3.05, 3.63) is 47.5 Å². The third-order valence-corrected chi connectivity index (χ3v) is 3.80. The summed E-state index contributed by atoms with van der Waals surface area (Å²) in [4.78, 5) is 12.6. The van der Waals surface area contributed by atoms with E-state index in [2.05, 4.69) is 11.4 Å². The molecule has 0 bridgehead atoms. The SMILES string of the molecule is CC[C@H](Oc1cc(C)cc(C)c1)C(=O)Nc1ccc(OC)cc1OC. The van der Waals surface area contributed by atoms with Crippen LogP contribution in [0.3, 0.4) is 0 Å². The van der Waals surface area contributed by atoms with Gasteiger partial charge >= 0.3 is 0 Å². The molecule has 5 heteroatoms. The zero-order valence-electron chi connectivity index (χ0n) is 15.4. The highest BCUT2D eigenvalue weighted by Crippen LogP contribution is 2.29. The summed E-state index contributed by atoms with van der Waals surface area (Å²) in [5, 5.41) is 2.87. The molecule has 2 aromatic rings. The molecule has 0 heterocycles. The van der Waals surface area contributed by atoms with E-state index in [4.69, 9.17) is 14.2 Å². The fraction of sp³-hybridized carbons (Fsp3) is 0.350. The van der Waals surface area contributed by atoms with Crippen LogP contribution in [-0.4, -0.2) is 26.2 Å². The quantitative estimate of drug-likeness (QED) is 0.822. The fourth-order valence-corrected chi connectivity index (χ4v) is 2.60. The predicted octanol–water partition coefficient (Wildman–Crippen LogP) is 4.12. The van der Waals surface area contributed by atoms with Crippen LogP contribution in [0, 0.1) is 13.8 Å². The Labute approximate surface area is 148 Å². The molecular formula is C20H25NO4. The molecule has 0 aromatic heterocycles. The highest BCUT2D eigenvalue weighted by atomic mass is 16.5. The number of ether oxygens (including phenoxy) is 3. The molecule has 5 nitrogen and oxygen atoms in total.